The lowest BCUT2D eigenvalue weighted by Crippen LogP contribution is -2.15. The van der Waals surface area contributed by atoms with E-state index in [1.807, 2.05) is 12.4 Å². The van der Waals surface area contributed by atoms with Gasteiger partial charge in [-0.2, -0.15) is 23.1 Å². The highest BCUT2D eigenvalue weighted by Gasteiger charge is 2.36. The third kappa shape index (κ3) is 5.17. The van der Waals surface area contributed by atoms with Crippen molar-refractivity contribution >= 4 is 40.9 Å². The number of fused-ring (bicyclic) bond motifs is 1. The smallest absolute Gasteiger partial charge is 0.418 e. The monoisotopic (exact) mass is 534 g/mol. The summed E-state index contributed by atoms with van der Waals surface area (Å²) in [7, 11) is 0.0681. The molecule has 37 heavy (non-hydrogen) atoms. The molecule has 0 bridgehead atoms. The maximum Gasteiger partial charge on any atom is 0.418 e. The summed E-state index contributed by atoms with van der Waals surface area (Å²) in [5.41, 5.74) is -0.385. The second-order valence-electron chi connectivity index (χ2n) is 8.73. The average molecular weight is 534 g/mol. The predicted molar refractivity (Wildman–Crippen MR) is 136 cm³/mol. The van der Waals surface area contributed by atoms with Crippen LogP contribution < -0.4 is 20.7 Å². The van der Waals surface area contributed by atoms with Crippen LogP contribution in [0.1, 0.15) is 18.4 Å². The Hall–Kier alpha value is -3.50. The minimum atomic E-state index is -4.58. The summed E-state index contributed by atoms with van der Waals surface area (Å²) in [6.07, 6.45) is 2.28. The van der Waals surface area contributed by atoms with Gasteiger partial charge in [0, 0.05) is 43.6 Å². The first kappa shape index (κ1) is 25.2. The SMILES string of the molecule is COCCNc1nc(Nc2ccc(P3(=O)C=CN(C4CC4)C=C3)cc2OC)nc2[nH]cc(C(F)(F)F)c12. The number of methoxy groups -OCH3 is 2. The van der Waals surface area contributed by atoms with E-state index in [4.69, 9.17) is 9.47 Å². The molecule has 13 heteroatoms. The van der Waals surface area contributed by atoms with Crippen LogP contribution in [-0.2, 0) is 15.5 Å². The van der Waals surface area contributed by atoms with Gasteiger partial charge in [0.05, 0.1) is 30.4 Å². The van der Waals surface area contributed by atoms with E-state index >= 15 is 0 Å². The predicted octanol–water partition coefficient (Wildman–Crippen LogP) is 5.20. The lowest BCUT2D eigenvalue weighted by molar-refractivity contribution is -0.136. The van der Waals surface area contributed by atoms with Gasteiger partial charge in [-0.25, -0.2) is 0 Å². The Morgan fingerprint density at radius 1 is 1.19 bits per heavy atom. The number of aromatic amines is 1. The van der Waals surface area contributed by atoms with E-state index in [0.29, 0.717) is 22.8 Å². The molecular formula is C24H26F3N6O3P. The van der Waals surface area contributed by atoms with Crippen LogP contribution in [0, 0.1) is 0 Å². The fourth-order valence-electron chi connectivity index (χ4n) is 4.07. The van der Waals surface area contributed by atoms with Gasteiger partial charge in [0.2, 0.25) is 5.95 Å². The summed E-state index contributed by atoms with van der Waals surface area (Å²) in [5, 5.41) is 6.34. The normalized spacial score (nSPS) is 16.8. The molecule has 0 unspecified atom stereocenters. The highest BCUT2D eigenvalue weighted by molar-refractivity contribution is 7.77. The van der Waals surface area contributed by atoms with Gasteiger partial charge in [0.15, 0.2) is 7.14 Å². The highest BCUT2D eigenvalue weighted by atomic mass is 31.2. The van der Waals surface area contributed by atoms with Crippen molar-refractivity contribution < 1.29 is 27.2 Å². The molecule has 0 atom stereocenters. The Balaban J connectivity index is 1.45. The molecule has 0 saturated heterocycles. The minimum Gasteiger partial charge on any atom is -0.495 e. The van der Waals surface area contributed by atoms with Crippen molar-refractivity contribution in [3.8, 4) is 5.75 Å². The van der Waals surface area contributed by atoms with Crippen molar-refractivity contribution in [1.82, 2.24) is 19.9 Å². The first-order valence-corrected chi connectivity index (χ1v) is 13.5. The zero-order valence-corrected chi connectivity index (χ0v) is 21.1. The van der Waals surface area contributed by atoms with E-state index in [1.54, 1.807) is 29.8 Å². The van der Waals surface area contributed by atoms with Crippen molar-refractivity contribution in [2.24, 2.45) is 0 Å². The summed E-state index contributed by atoms with van der Waals surface area (Å²) < 4.78 is 64.7. The molecule has 5 rings (SSSR count). The molecule has 0 amide bonds. The van der Waals surface area contributed by atoms with Gasteiger partial charge < -0.3 is 34.6 Å². The molecule has 1 aromatic carbocycles. The summed E-state index contributed by atoms with van der Waals surface area (Å²) >= 11 is 0. The highest BCUT2D eigenvalue weighted by Crippen LogP contribution is 2.51. The molecule has 196 valence electrons. The number of rotatable bonds is 9. The molecule has 1 aliphatic carbocycles. The van der Waals surface area contributed by atoms with E-state index < -0.39 is 18.9 Å². The Bertz CT molecular complexity index is 1400. The number of aromatic nitrogens is 3. The van der Waals surface area contributed by atoms with Gasteiger partial charge in [-0.1, -0.05) is 0 Å². The van der Waals surface area contributed by atoms with E-state index in [0.717, 1.165) is 19.0 Å². The number of ether oxygens (including phenoxy) is 2. The summed E-state index contributed by atoms with van der Waals surface area (Å²) in [4.78, 5) is 13.2. The van der Waals surface area contributed by atoms with Crippen molar-refractivity contribution in [2.75, 3.05) is 38.0 Å². The molecule has 0 radical (unpaired) electrons. The van der Waals surface area contributed by atoms with Gasteiger partial charge in [0.1, 0.15) is 17.2 Å². The van der Waals surface area contributed by atoms with Crippen LogP contribution in [0.4, 0.5) is 30.6 Å². The average Bonchev–Trinajstić information content (AvgIpc) is 3.62. The molecule has 0 spiro atoms. The number of halogens is 3. The molecular weight excluding hydrogens is 508 g/mol. The topological polar surface area (TPSA) is 104 Å². The zero-order chi connectivity index (χ0) is 26.2. The number of benzene rings is 1. The molecule has 2 aromatic heterocycles. The Labute approximate surface area is 211 Å². The second-order valence-corrected chi connectivity index (χ2v) is 11.3. The number of nitrogens with one attached hydrogen (secondary N) is 3. The molecule has 3 heterocycles. The van der Waals surface area contributed by atoms with Gasteiger partial charge in [-0.05, 0) is 42.7 Å². The third-order valence-electron chi connectivity index (χ3n) is 6.16. The lowest BCUT2D eigenvalue weighted by atomic mass is 10.2. The third-order valence-corrected chi connectivity index (χ3v) is 8.40. The summed E-state index contributed by atoms with van der Waals surface area (Å²) in [6.45, 7) is 0.522. The van der Waals surface area contributed by atoms with Crippen LogP contribution in [0.25, 0.3) is 11.0 Å². The Kier molecular flexibility index (Phi) is 6.63. The number of hydrogen-bond acceptors (Lipinski definition) is 8. The largest absolute Gasteiger partial charge is 0.495 e. The molecule has 1 fully saturated rings. The van der Waals surface area contributed by atoms with E-state index in [2.05, 4.69) is 30.5 Å². The molecule has 1 aliphatic heterocycles. The number of hydrogen-bond donors (Lipinski definition) is 3. The van der Waals surface area contributed by atoms with Crippen molar-refractivity contribution in [2.45, 2.75) is 25.1 Å². The van der Waals surface area contributed by atoms with Crippen LogP contribution in [0.2, 0.25) is 0 Å². The van der Waals surface area contributed by atoms with Crippen molar-refractivity contribution in [3.63, 3.8) is 0 Å². The van der Waals surface area contributed by atoms with E-state index in [9.17, 15) is 17.7 Å². The van der Waals surface area contributed by atoms with Crippen LogP contribution in [0.3, 0.4) is 0 Å². The van der Waals surface area contributed by atoms with Crippen LogP contribution in [-0.4, -0.2) is 53.3 Å². The van der Waals surface area contributed by atoms with Gasteiger partial charge in [0.25, 0.3) is 0 Å². The van der Waals surface area contributed by atoms with Crippen molar-refractivity contribution in [3.05, 3.63) is 54.0 Å². The van der Waals surface area contributed by atoms with Crippen LogP contribution in [0.5, 0.6) is 5.75 Å². The lowest BCUT2D eigenvalue weighted by Gasteiger charge is -2.22. The summed E-state index contributed by atoms with van der Waals surface area (Å²) in [5.74, 6) is 3.91. The second kappa shape index (κ2) is 9.75. The van der Waals surface area contributed by atoms with E-state index in [-0.39, 0.29) is 36.0 Å². The molecule has 9 nitrogen and oxygen atoms in total. The van der Waals surface area contributed by atoms with Crippen LogP contribution in [0.15, 0.2) is 48.4 Å². The van der Waals surface area contributed by atoms with Gasteiger partial charge in [-0.3, -0.25) is 0 Å². The Morgan fingerprint density at radius 2 is 1.95 bits per heavy atom. The molecule has 1 saturated carbocycles. The molecule has 2 aliphatic rings. The standard InChI is InChI=1S/C24H26F3N6O3P/c1-35-10-7-28-21-20-17(24(25,26)27)14-29-22(20)32-23(31-21)30-18-6-5-16(13-19(18)36-2)37(34)11-8-33(9-12-37)15-3-4-15/h5-6,8-9,11-15H,3-4,7,10H2,1-2H3,(H3,28,29,30,31,32). The maximum atomic E-state index is 13.6. The van der Waals surface area contributed by atoms with E-state index in [1.165, 1.54) is 14.2 Å². The van der Waals surface area contributed by atoms with Gasteiger partial charge >= 0.3 is 6.18 Å². The fraction of sp³-hybridized carbons (Fsp3) is 0.333. The van der Waals surface area contributed by atoms with Crippen molar-refractivity contribution in [1.29, 1.82) is 0 Å². The fourth-order valence-corrected chi connectivity index (χ4v) is 5.85. The summed E-state index contributed by atoms with van der Waals surface area (Å²) in [6, 6.07) is 5.57. The van der Waals surface area contributed by atoms with Gasteiger partial charge in [-0.15, -0.1) is 0 Å². The number of alkyl halides is 3. The van der Waals surface area contributed by atoms with Crippen LogP contribution >= 0.6 is 7.14 Å². The molecule has 3 N–H and O–H groups in total. The zero-order valence-electron chi connectivity index (χ0n) is 20.2. The number of anilines is 3. The first-order valence-electron chi connectivity index (χ1n) is 11.6. The first-order chi connectivity index (χ1) is 17.7. The minimum absolute atomic E-state index is 0.0100. The number of H-pyrrole nitrogens is 1. The maximum absolute atomic E-state index is 13.6. The molecule has 3 aromatic rings. The quantitative estimate of drug-likeness (QED) is 0.254. The number of nitrogens with zero attached hydrogens (tertiary/aromatic N) is 3. The Morgan fingerprint density at radius 3 is 2.59 bits per heavy atom.